The van der Waals surface area contributed by atoms with Crippen LogP contribution in [0.5, 0.6) is 5.75 Å². The standard InChI is InChI=1S/C19H21FN4O6S2/c1-24(10-9-22-31(26,27)14-6-4-13(30-2)5-7-14)32(28,29)18-15-11-12(20)3-8-16(15)23-17(18)19(21)25/h3-8,11,22-23H,9-10H2,1-2H3,(H2,21,25). The van der Waals surface area contributed by atoms with Crippen LogP contribution in [0.4, 0.5) is 4.39 Å². The third-order valence-corrected chi connectivity index (χ3v) is 8.14. The molecule has 0 saturated heterocycles. The number of benzene rings is 2. The quantitative estimate of drug-likeness (QED) is 0.412. The van der Waals surface area contributed by atoms with Crippen molar-refractivity contribution in [3.05, 3.63) is 54.0 Å². The van der Waals surface area contributed by atoms with Gasteiger partial charge in [0.15, 0.2) is 0 Å². The molecule has 2 aromatic carbocycles. The van der Waals surface area contributed by atoms with Crippen LogP contribution in [-0.2, 0) is 20.0 Å². The van der Waals surface area contributed by atoms with Crippen molar-refractivity contribution in [2.24, 2.45) is 5.73 Å². The van der Waals surface area contributed by atoms with E-state index in [2.05, 4.69) is 9.71 Å². The smallest absolute Gasteiger partial charge is 0.266 e. The van der Waals surface area contributed by atoms with E-state index < -0.39 is 42.4 Å². The maximum absolute atomic E-state index is 13.7. The number of hydrogen-bond donors (Lipinski definition) is 3. The zero-order valence-corrected chi connectivity index (χ0v) is 18.8. The number of hydrogen-bond acceptors (Lipinski definition) is 6. The van der Waals surface area contributed by atoms with E-state index in [9.17, 15) is 26.0 Å². The normalized spacial score (nSPS) is 12.4. The summed E-state index contributed by atoms with van der Waals surface area (Å²) < 4.78 is 73.0. The number of halogens is 1. The van der Waals surface area contributed by atoms with Gasteiger partial charge in [-0.25, -0.2) is 25.9 Å². The fourth-order valence-electron chi connectivity index (χ4n) is 3.03. The first-order chi connectivity index (χ1) is 15.0. The highest BCUT2D eigenvalue weighted by molar-refractivity contribution is 7.89. The SMILES string of the molecule is COc1ccc(S(=O)(=O)NCCN(C)S(=O)(=O)c2c(C(N)=O)[nH]c3ccc(F)cc23)cc1. The van der Waals surface area contributed by atoms with Crippen molar-refractivity contribution in [1.82, 2.24) is 14.0 Å². The Morgan fingerprint density at radius 3 is 2.41 bits per heavy atom. The molecule has 0 atom stereocenters. The molecule has 3 rings (SSSR count). The summed E-state index contributed by atoms with van der Waals surface area (Å²) in [7, 11) is -5.57. The van der Waals surface area contributed by atoms with Crippen LogP contribution in [0, 0.1) is 5.82 Å². The van der Waals surface area contributed by atoms with Gasteiger partial charge < -0.3 is 15.5 Å². The molecule has 0 aliphatic carbocycles. The minimum atomic E-state index is -4.32. The molecule has 4 N–H and O–H groups in total. The number of carbonyl (C=O) groups excluding carboxylic acids is 1. The van der Waals surface area contributed by atoms with Crippen LogP contribution >= 0.6 is 0 Å². The maximum atomic E-state index is 13.7. The number of aromatic amines is 1. The van der Waals surface area contributed by atoms with E-state index in [1.165, 1.54) is 44.5 Å². The van der Waals surface area contributed by atoms with E-state index >= 15 is 0 Å². The maximum Gasteiger partial charge on any atom is 0.266 e. The third-order valence-electron chi connectivity index (χ3n) is 4.72. The molecule has 172 valence electrons. The molecule has 1 amide bonds. The predicted octanol–water partition coefficient (Wildman–Crippen LogP) is 1.01. The number of rotatable bonds is 9. The first-order valence-electron chi connectivity index (χ1n) is 9.18. The number of ether oxygens (including phenoxy) is 1. The van der Waals surface area contributed by atoms with Crippen molar-refractivity contribution in [2.75, 3.05) is 27.2 Å². The summed E-state index contributed by atoms with van der Waals surface area (Å²) >= 11 is 0. The monoisotopic (exact) mass is 484 g/mol. The molecular weight excluding hydrogens is 463 g/mol. The van der Waals surface area contributed by atoms with Gasteiger partial charge in [-0.05, 0) is 42.5 Å². The molecule has 0 saturated carbocycles. The lowest BCUT2D eigenvalue weighted by Gasteiger charge is -2.18. The number of methoxy groups -OCH3 is 1. The number of nitrogens with two attached hydrogens (primary N) is 1. The van der Waals surface area contributed by atoms with E-state index in [1.54, 1.807) is 0 Å². The van der Waals surface area contributed by atoms with Crippen LogP contribution in [-0.4, -0.2) is 59.3 Å². The molecule has 0 spiro atoms. The molecule has 1 aromatic heterocycles. The number of amides is 1. The van der Waals surface area contributed by atoms with E-state index in [4.69, 9.17) is 10.5 Å². The van der Waals surface area contributed by atoms with Crippen LogP contribution < -0.4 is 15.2 Å². The van der Waals surface area contributed by atoms with Crippen LogP contribution in [0.2, 0.25) is 0 Å². The molecule has 13 heteroatoms. The van der Waals surface area contributed by atoms with Gasteiger partial charge in [-0.3, -0.25) is 4.79 Å². The van der Waals surface area contributed by atoms with Gasteiger partial charge in [-0.15, -0.1) is 0 Å². The van der Waals surface area contributed by atoms with E-state index in [-0.39, 0.29) is 28.9 Å². The number of primary amides is 1. The summed E-state index contributed by atoms with van der Waals surface area (Å²) in [6.45, 7) is -0.523. The largest absolute Gasteiger partial charge is 0.497 e. The van der Waals surface area contributed by atoms with Gasteiger partial charge in [0.25, 0.3) is 5.91 Å². The number of H-pyrrole nitrogens is 1. The minimum absolute atomic E-state index is 0.0214. The zero-order chi connectivity index (χ0) is 23.7. The Hall–Kier alpha value is -3.00. The first kappa shape index (κ1) is 23.7. The average molecular weight is 485 g/mol. The van der Waals surface area contributed by atoms with Gasteiger partial charge in [0, 0.05) is 31.0 Å². The Bertz CT molecular complexity index is 1370. The molecule has 1 heterocycles. The Labute approximate surface area is 184 Å². The van der Waals surface area contributed by atoms with E-state index in [0.717, 1.165) is 16.4 Å². The second-order valence-corrected chi connectivity index (χ2v) is 10.5. The fourth-order valence-corrected chi connectivity index (χ4v) is 5.55. The Morgan fingerprint density at radius 1 is 1.16 bits per heavy atom. The van der Waals surface area contributed by atoms with Crippen LogP contribution in [0.15, 0.2) is 52.3 Å². The highest BCUT2D eigenvalue weighted by Crippen LogP contribution is 2.29. The third kappa shape index (κ3) is 4.60. The van der Waals surface area contributed by atoms with Crippen molar-refractivity contribution >= 4 is 36.9 Å². The van der Waals surface area contributed by atoms with Crippen molar-refractivity contribution in [3.63, 3.8) is 0 Å². The number of nitrogens with one attached hydrogen (secondary N) is 2. The number of carbonyl (C=O) groups is 1. The molecule has 3 aromatic rings. The summed E-state index contributed by atoms with van der Waals surface area (Å²) in [5.41, 5.74) is 5.13. The number of sulfonamides is 2. The summed E-state index contributed by atoms with van der Waals surface area (Å²) in [4.78, 5) is 13.9. The lowest BCUT2D eigenvalue weighted by Crippen LogP contribution is -2.36. The lowest BCUT2D eigenvalue weighted by molar-refractivity contribution is 0.0993. The Balaban J connectivity index is 1.82. The second kappa shape index (κ2) is 8.86. The molecule has 0 bridgehead atoms. The van der Waals surface area contributed by atoms with Crippen molar-refractivity contribution in [3.8, 4) is 5.75 Å². The second-order valence-electron chi connectivity index (χ2n) is 6.78. The fraction of sp³-hybridized carbons (Fsp3) is 0.211. The first-order valence-corrected chi connectivity index (χ1v) is 12.1. The predicted molar refractivity (Wildman–Crippen MR) is 115 cm³/mol. The molecular formula is C19H21FN4O6S2. The molecule has 0 unspecified atom stereocenters. The van der Waals surface area contributed by atoms with Gasteiger partial charge in [0.1, 0.15) is 22.2 Å². The summed E-state index contributed by atoms with van der Waals surface area (Å²) in [5.74, 6) is -1.25. The average Bonchev–Trinajstić information content (AvgIpc) is 3.13. The topological polar surface area (TPSA) is 152 Å². The lowest BCUT2D eigenvalue weighted by atomic mass is 10.2. The van der Waals surface area contributed by atoms with Crippen molar-refractivity contribution < 1.29 is 30.8 Å². The number of nitrogens with zero attached hydrogens (tertiary/aromatic N) is 1. The Kier molecular flexibility index (Phi) is 6.55. The van der Waals surface area contributed by atoms with E-state index in [0.29, 0.717) is 5.75 Å². The number of fused-ring (bicyclic) bond motifs is 1. The molecule has 0 aliphatic heterocycles. The highest BCUT2D eigenvalue weighted by atomic mass is 32.2. The van der Waals surface area contributed by atoms with E-state index in [1.807, 2.05) is 0 Å². The summed E-state index contributed by atoms with van der Waals surface area (Å²) in [5, 5.41) is -0.0375. The summed E-state index contributed by atoms with van der Waals surface area (Å²) in [6, 6.07) is 9.03. The number of likely N-dealkylation sites (N-methyl/N-ethyl adjacent to an activating group) is 1. The van der Waals surface area contributed by atoms with Crippen molar-refractivity contribution in [1.29, 1.82) is 0 Å². The van der Waals surface area contributed by atoms with Gasteiger partial charge >= 0.3 is 0 Å². The zero-order valence-electron chi connectivity index (χ0n) is 17.1. The van der Waals surface area contributed by atoms with Crippen molar-refractivity contribution in [2.45, 2.75) is 9.79 Å². The minimum Gasteiger partial charge on any atom is -0.497 e. The van der Waals surface area contributed by atoms with Crippen LogP contribution in [0.1, 0.15) is 10.5 Å². The molecule has 32 heavy (non-hydrogen) atoms. The molecule has 0 radical (unpaired) electrons. The van der Waals surface area contributed by atoms with Gasteiger partial charge in [0.05, 0.1) is 12.0 Å². The van der Waals surface area contributed by atoms with Gasteiger partial charge in [-0.2, -0.15) is 4.31 Å². The van der Waals surface area contributed by atoms with Gasteiger partial charge in [-0.1, -0.05) is 0 Å². The molecule has 10 nitrogen and oxygen atoms in total. The molecule has 0 aliphatic rings. The summed E-state index contributed by atoms with van der Waals surface area (Å²) in [6.07, 6.45) is 0. The Morgan fingerprint density at radius 2 is 1.81 bits per heavy atom. The van der Waals surface area contributed by atoms with Crippen LogP contribution in [0.25, 0.3) is 10.9 Å². The van der Waals surface area contributed by atoms with Crippen LogP contribution in [0.3, 0.4) is 0 Å². The highest BCUT2D eigenvalue weighted by Gasteiger charge is 2.31. The molecule has 0 fully saturated rings. The number of aromatic nitrogens is 1. The van der Waals surface area contributed by atoms with Gasteiger partial charge in [0.2, 0.25) is 20.0 Å².